The summed E-state index contributed by atoms with van der Waals surface area (Å²) in [5.74, 6) is 0.806. The molecule has 0 unspecified atom stereocenters. The lowest BCUT2D eigenvalue weighted by molar-refractivity contribution is 0.321. The van der Waals surface area contributed by atoms with Crippen LogP contribution in [-0.4, -0.2) is 18.6 Å². The maximum atomic E-state index is 9.23. The Morgan fingerprint density at radius 1 is 1.47 bits per heavy atom. The second-order valence-corrected chi connectivity index (χ2v) is 5.03. The Hall–Kier alpha value is -1.56. The van der Waals surface area contributed by atoms with Crippen LogP contribution in [0.25, 0.3) is 0 Å². The van der Waals surface area contributed by atoms with Crippen molar-refractivity contribution in [1.29, 1.82) is 5.26 Å². The van der Waals surface area contributed by atoms with Crippen molar-refractivity contribution in [2.24, 2.45) is 5.92 Å². The van der Waals surface area contributed by atoms with Gasteiger partial charge in [-0.1, -0.05) is 6.42 Å². The summed E-state index contributed by atoms with van der Waals surface area (Å²) in [6.07, 6.45) is 4.02. The zero-order chi connectivity index (χ0) is 12.4. The van der Waals surface area contributed by atoms with Crippen molar-refractivity contribution in [2.75, 3.05) is 18.5 Å². The number of aryl methyl sites for hydroxylation is 2. The van der Waals surface area contributed by atoms with E-state index in [0.717, 1.165) is 35.1 Å². The third-order valence-corrected chi connectivity index (χ3v) is 3.59. The molecule has 0 aromatic carbocycles. The van der Waals surface area contributed by atoms with Crippen molar-refractivity contribution in [2.45, 2.75) is 33.1 Å². The molecule has 0 saturated heterocycles. The second-order valence-electron chi connectivity index (χ2n) is 5.03. The molecule has 3 heteroatoms. The van der Waals surface area contributed by atoms with E-state index in [9.17, 15) is 5.26 Å². The smallest absolute Gasteiger partial charge is 0.103 e. The highest BCUT2D eigenvalue weighted by Gasteiger charge is 2.21. The van der Waals surface area contributed by atoms with Crippen LogP contribution in [-0.2, 0) is 0 Å². The van der Waals surface area contributed by atoms with E-state index in [1.807, 2.05) is 19.9 Å². The molecule has 1 fully saturated rings. The molecular weight excluding hydrogens is 210 g/mol. The molecule has 0 aliphatic heterocycles. The average Bonchev–Trinajstić information content (AvgIpc) is 2.22. The highest BCUT2D eigenvalue weighted by molar-refractivity contribution is 5.61. The molecule has 2 rings (SSSR count). The van der Waals surface area contributed by atoms with Crippen LogP contribution in [0.15, 0.2) is 6.07 Å². The van der Waals surface area contributed by atoms with Gasteiger partial charge in [0.05, 0.1) is 16.9 Å². The summed E-state index contributed by atoms with van der Waals surface area (Å²) in [7, 11) is 2.08. The summed E-state index contributed by atoms with van der Waals surface area (Å²) in [5, 5.41) is 9.23. The minimum atomic E-state index is 0.720. The minimum Gasteiger partial charge on any atom is -0.373 e. The van der Waals surface area contributed by atoms with E-state index in [1.54, 1.807) is 0 Å². The molecule has 1 aromatic heterocycles. The average molecular weight is 229 g/mol. The first-order valence-corrected chi connectivity index (χ1v) is 6.21. The van der Waals surface area contributed by atoms with Crippen molar-refractivity contribution in [1.82, 2.24) is 4.98 Å². The van der Waals surface area contributed by atoms with Gasteiger partial charge in [0.2, 0.25) is 0 Å². The third kappa shape index (κ3) is 2.41. The molecule has 1 aromatic rings. The van der Waals surface area contributed by atoms with Crippen molar-refractivity contribution in [3.63, 3.8) is 0 Å². The Morgan fingerprint density at radius 3 is 2.71 bits per heavy atom. The standard InChI is InChI=1S/C14H19N3/c1-10-7-14(13(8-15)11(2)16-10)17(3)9-12-5-4-6-12/h7,12H,4-6,9H2,1-3H3. The minimum absolute atomic E-state index is 0.720. The molecule has 90 valence electrons. The van der Waals surface area contributed by atoms with Gasteiger partial charge in [-0.25, -0.2) is 0 Å². The van der Waals surface area contributed by atoms with Gasteiger partial charge in [-0.3, -0.25) is 4.98 Å². The number of pyridine rings is 1. The molecular formula is C14H19N3. The topological polar surface area (TPSA) is 39.9 Å². The number of rotatable bonds is 3. The van der Waals surface area contributed by atoms with E-state index in [1.165, 1.54) is 19.3 Å². The SMILES string of the molecule is Cc1cc(N(C)CC2CCC2)c(C#N)c(C)n1. The van der Waals surface area contributed by atoms with Gasteiger partial charge in [0.15, 0.2) is 0 Å². The van der Waals surface area contributed by atoms with E-state index in [-0.39, 0.29) is 0 Å². The first-order chi connectivity index (χ1) is 8.11. The number of nitrogens with zero attached hydrogens (tertiary/aromatic N) is 3. The third-order valence-electron chi connectivity index (χ3n) is 3.59. The first kappa shape index (κ1) is 11.9. The Morgan fingerprint density at radius 2 is 2.18 bits per heavy atom. The van der Waals surface area contributed by atoms with Crippen LogP contribution in [0.4, 0.5) is 5.69 Å². The van der Waals surface area contributed by atoms with Crippen molar-refractivity contribution in [3.05, 3.63) is 23.0 Å². The molecule has 0 atom stereocenters. The van der Waals surface area contributed by atoms with Gasteiger partial charge in [-0.05, 0) is 38.7 Å². The Labute approximate surface area is 103 Å². The first-order valence-electron chi connectivity index (χ1n) is 6.21. The summed E-state index contributed by atoms with van der Waals surface area (Å²) < 4.78 is 0. The molecule has 0 spiro atoms. The van der Waals surface area contributed by atoms with Gasteiger partial charge in [0, 0.05) is 19.3 Å². The number of hydrogen-bond donors (Lipinski definition) is 0. The molecule has 1 heterocycles. The highest BCUT2D eigenvalue weighted by atomic mass is 15.1. The molecule has 0 bridgehead atoms. The van der Waals surface area contributed by atoms with Crippen molar-refractivity contribution < 1.29 is 0 Å². The van der Waals surface area contributed by atoms with Gasteiger partial charge in [-0.2, -0.15) is 5.26 Å². The van der Waals surface area contributed by atoms with E-state index in [4.69, 9.17) is 0 Å². The van der Waals surface area contributed by atoms with Gasteiger partial charge in [-0.15, -0.1) is 0 Å². The van der Waals surface area contributed by atoms with E-state index < -0.39 is 0 Å². The van der Waals surface area contributed by atoms with Crippen molar-refractivity contribution >= 4 is 5.69 Å². The molecule has 1 aliphatic rings. The van der Waals surface area contributed by atoms with Crippen molar-refractivity contribution in [3.8, 4) is 6.07 Å². The van der Waals surface area contributed by atoms with Crippen LogP contribution in [0, 0.1) is 31.1 Å². The quantitative estimate of drug-likeness (QED) is 0.800. The summed E-state index contributed by atoms with van der Waals surface area (Å²) in [6.45, 7) is 4.94. The predicted molar refractivity (Wildman–Crippen MR) is 69.0 cm³/mol. The number of anilines is 1. The molecule has 0 N–H and O–H groups in total. The molecule has 1 aliphatic carbocycles. The van der Waals surface area contributed by atoms with Crippen LogP contribution in [0.1, 0.15) is 36.2 Å². The molecule has 17 heavy (non-hydrogen) atoms. The van der Waals surface area contributed by atoms with Gasteiger partial charge in [0.1, 0.15) is 6.07 Å². The lowest BCUT2D eigenvalue weighted by Gasteiger charge is -2.32. The predicted octanol–water partition coefficient (Wildman–Crippen LogP) is 2.81. The summed E-state index contributed by atoms with van der Waals surface area (Å²) in [5.41, 5.74) is 3.57. The monoisotopic (exact) mass is 229 g/mol. The van der Waals surface area contributed by atoms with Gasteiger partial charge < -0.3 is 4.90 Å². The normalized spacial score (nSPS) is 15.2. The number of nitriles is 1. The fraction of sp³-hybridized carbons (Fsp3) is 0.571. The van der Waals surface area contributed by atoms with Crippen LogP contribution in [0.2, 0.25) is 0 Å². The lowest BCUT2D eigenvalue weighted by atomic mass is 9.85. The maximum absolute atomic E-state index is 9.23. The van der Waals surface area contributed by atoms with Gasteiger partial charge >= 0.3 is 0 Å². The molecule has 0 amide bonds. The Kier molecular flexibility index (Phi) is 3.33. The molecule has 0 radical (unpaired) electrons. The van der Waals surface area contributed by atoms with E-state index >= 15 is 0 Å². The zero-order valence-corrected chi connectivity index (χ0v) is 10.8. The summed E-state index contributed by atoms with van der Waals surface area (Å²) in [6, 6.07) is 4.30. The van der Waals surface area contributed by atoms with E-state index in [2.05, 4.69) is 23.0 Å². The lowest BCUT2D eigenvalue weighted by Crippen LogP contribution is -2.30. The fourth-order valence-corrected chi connectivity index (χ4v) is 2.41. The highest BCUT2D eigenvalue weighted by Crippen LogP contribution is 2.30. The Bertz CT molecular complexity index is 455. The number of hydrogen-bond acceptors (Lipinski definition) is 3. The second kappa shape index (κ2) is 4.75. The number of aromatic nitrogens is 1. The molecule has 3 nitrogen and oxygen atoms in total. The molecule has 1 saturated carbocycles. The summed E-state index contributed by atoms with van der Waals surface area (Å²) >= 11 is 0. The van der Waals surface area contributed by atoms with Crippen LogP contribution in [0.3, 0.4) is 0 Å². The Balaban J connectivity index is 2.26. The van der Waals surface area contributed by atoms with E-state index in [0.29, 0.717) is 0 Å². The van der Waals surface area contributed by atoms with Gasteiger partial charge in [0.25, 0.3) is 0 Å². The fourth-order valence-electron chi connectivity index (χ4n) is 2.41. The maximum Gasteiger partial charge on any atom is 0.103 e. The largest absolute Gasteiger partial charge is 0.373 e. The summed E-state index contributed by atoms with van der Waals surface area (Å²) in [4.78, 5) is 6.56. The van der Waals surface area contributed by atoms with Crippen LogP contribution < -0.4 is 4.90 Å². The zero-order valence-electron chi connectivity index (χ0n) is 10.8. The van der Waals surface area contributed by atoms with Crippen LogP contribution in [0.5, 0.6) is 0 Å². The van der Waals surface area contributed by atoms with Crippen LogP contribution >= 0.6 is 0 Å².